The van der Waals surface area contributed by atoms with Crippen molar-refractivity contribution >= 4 is 11.8 Å². The highest BCUT2D eigenvalue weighted by Gasteiger charge is 2.29. The Labute approximate surface area is 177 Å². The molecule has 2 aromatic heterocycles. The standard InChI is InChI=1S/C23H21FN4O3/c24-18-7-4-10-26-20(18)23(31)28-12-9-17-16(14-28)13-27(22(30)19(17)21(25)29)11-8-15-5-2-1-3-6-15/h1-7,10,13H,8-9,11-12,14H2,(H2,25,29). The lowest BCUT2D eigenvalue weighted by Crippen LogP contribution is -2.41. The molecule has 1 aliphatic heterocycles. The number of primary amides is 1. The summed E-state index contributed by atoms with van der Waals surface area (Å²) < 4.78 is 15.5. The molecule has 2 N–H and O–H groups in total. The van der Waals surface area contributed by atoms with Gasteiger partial charge in [-0.05, 0) is 41.7 Å². The molecule has 0 spiro atoms. The fourth-order valence-electron chi connectivity index (χ4n) is 3.89. The van der Waals surface area contributed by atoms with Crippen molar-refractivity contribution in [3.8, 4) is 0 Å². The molecular weight excluding hydrogens is 399 g/mol. The maximum Gasteiger partial charge on any atom is 0.275 e. The number of hydrogen-bond donors (Lipinski definition) is 1. The summed E-state index contributed by atoms with van der Waals surface area (Å²) in [4.78, 5) is 43.1. The third-order valence-corrected chi connectivity index (χ3v) is 5.45. The van der Waals surface area contributed by atoms with E-state index < -0.39 is 23.2 Å². The Morgan fingerprint density at radius 1 is 1.13 bits per heavy atom. The molecule has 4 rings (SSSR count). The first-order valence-corrected chi connectivity index (χ1v) is 9.94. The summed E-state index contributed by atoms with van der Waals surface area (Å²) in [6, 6.07) is 12.3. The molecule has 0 aliphatic carbocycles. The summed E-state index contributed by atoms with van der Waals surface area (Å²) in [5, 5.41) is 0. The van der Waals surface area contributed by atoms with Crippen molar-refractivity contribution in [3.63, 3.8) is 0 Å². The van der Waals surface area contributed by atoms with E-state index in [1.54, 1.807) is 6.20 Å². The second-order valence-corrected chi connectivity index (χ2v) is 7.42. The number of benzene rings is 1. The van der Waals surface area contributed by atoms with Gasteiger partial charge in [-0.25, -0.2) is 9.37 Å². The third kappa shape index (κ3) is 4.09. The van der Waals surface area contributed by atoms with Crippen LogP contribution in [0.5, 0.6) is 0 Å². The number of aromatic nitrogens is 2. The summed E-state index contributed by atoms with van der Waals surface area (Å²) in [7, 11) is 0. The smallest absolute Gasteiger partial charge is 0.275 e. The topological polar surface area (TPSA) is 98.3 Å². The highest BCUT2D eigenvalue weighted by Crippen LogP contribution is 2.22. The SMILES string of the molecule is NC(=O)c1c2c(cn(CCc3ccccc3)c1=O)CN(C(=O)c1ncccc1F)CC2. The van der Waals surface area contributed by atoms with Gasteiger partial charge in [0.1, 0.15) is 5.56 Å². The molecule has 3 aromatic rings. The van der Waals surface area contributed by atoms with Crippen molar-refractivity contribution < 1.29 is 14.0 Å². The fraction of sp³-hybridized carbons (Fsp3) is 0.217. The van der Waals surface area contributed by atoms with Crippen LogP contribution in [0.15, 0.2) is 59.7 Å². The molecular formula is C23H21FN4O3. The molecule has 0 bridgehead atoms. The van der Waals surface area contributed by atoms with Gasteiger partial charge in [0.15, 0.2) is 11.5 Å². The van der Waals surface area contributed by atoms with Crippen LogP contribution < -0.4 is 11.3 Å². The number of halogens is 1. The number of nitrogens with zero attached hydrogens (tertiary/aromatic N) is 3. The average Bonchev–Trinajstić information content (AvgIpc) is 2.77. The zero-order valence-electron chi connectivity index (χ0n) is 16.8. The van der Waals surface area contributed by atoms with Crippen molar-refractivity contribution in [2.75, 3.05) is 6.54 Å². The second kappa shape index (κ2) is 8.51. The van der Waals surface area contributed by atoms with Gasteiger partial charge in [-0.1, -0.05) is 30.3 Å². The predicted molar refractivity (Wildman–Crippen MR) is 112 cm³/mol. The molecule has 7 nitrogen and oxygen atoms in total. The van der Waals surface area contributed by atoms with Crippen LogP contribution in [-0.4, -0.2) is 32.8 Å². The summed E-state index contributed by atoms with van der Waals surface area (Å²) in [5.74, 6) is -2.01. The number of nitrogens with two attached hydrogens (primary N) is 1. The second-order valence-electron chi connectivity index (χ2n) is 7.42. The average molecular weight is 420 g/mol. The fourth-order valence-corrected chi connectivity index (χ4v) is 3.89. The lowest BCUT2D eigenvalue weighted by molar-refractivity contribution is 0.0722. The number of hydrogen-bond acceptors (Lipinski definition) is 4. The molecule has 0 radical (unpaired) electrons. The van der Waals surface area contributed by atoms with E-state index in [1.165, 1.54) is 27.8 Å². The van der Waals surface area contributed by atoms with Gasteiger partial charge in [0.05, 0.1) is 0 Å². The van der Waals surface area contributed by atoms with Crippen molar-refractivity contribution in [2.24, 2.45) is 5.73 Å². The number of carbonyl (C=O) groups excluding carboxylic acids is 2. The van der Waals surface area contributed by atoms with E-state index in [9.17, 15) is 18.8 Å². The van der Waals surface area contributed by atoms with Gasteiger partial charge in [-0.3, -0.25) is 14.4 Å². The van der Waals surface area contributed by atoms with Gasteiger partial charge in [0, 0.05) is 32.0 Å². The van der Waals surface area contributed by atoms with Crippen LogP contribution in [0.4, 0.5) is 4.39 Å². The van der Waals surface area contributed by atoms with Crippen LogP contribution in [0.2, 0.25) is 0 Å². The molecule has 0 saturated heterocycles. The zero-order valence-corrected chi connectivity index (χ0v) is 16.8. The number of fused-ring (bicyclic) bond motifs is 1. The van der Waals surface area contributed by atoms with E-state index in [0.717, 1.165) is 5.56 Å². The maximum atomic E-state index is 14.0. The van der Waals surface area contributed by atoms with Gasteiger partial charge in [-0.15, -0.1) is 0 Å². The Morgan fingerprint density at radius 2 is 1.90 bits per heavy atom. The molecule has 3 heterocycles. The van der Waals surface area contributed by atoms with Gasteiger partial charge >= 0.3 is 0 Å². The molecule has 158 valence electrons. The molecule has 0 saturated carbocycles. The molecule has 0 unspecified atom stereocenters. The number of carbonyl (C=O) groups is 2. The van der Waals surface area contributed by atoms with E-state index >= 15 is 0 Å². The Morgan fingerprint density at radius 3 is 2.61 bits per heavy atom. The quantitative estimate of drug-likeness (QED) is 0.682. The highest BCUT2D eigenvalue weighted by atomic mass is 19.1. The normalized spacial score (nSPS) is 13.0. The molecule has 0 fully saturated rings. The van der Waals surface area contributed by atoms with Crippen molar-refractivity contribution in [2.45, 2.75) is 25.9 Å². The number of aryl methyl sites for hydroxylation is 2. The third-order valence-electron chi connectivity index (χ3n) is 5.45. The van der Waals surface area contributed by atoms with Crippen LogP contribution in [0, 0.1) is 5.82 Å². The molecule has 1 aromatic carbocycles. The van der Waals surface area contributed by atoms with Crippen LogP contribution >= 0.6 is 0 Å². The van der Waals surface area contributed by atoms with Gasteiger partial charge in [-0.2, -0.15) is 0 Å². The minimum Gasteiger partial charge on any atom is -0.365 e. The predicted octanol–water partition coefficient (Wildman–Crippen LogP) is 1.92. The number of rotatable bonds is 5. The summed E-state index contributed by atoms with van der Waals surface area (Å²) >= 11 is 0. The minimum atomic E-state index is -0.786. The van der Waals surface area contributed by atoms with E-state index in [1.807, 2.05) is 30.3 Å². The van der Waals surface area contributed by atoms with Gasteiger partial charge in [0.25, 0.3) is 17.4 Å². The minimum absolute atomic E-state index is 0.0401. The Balaban J connectivity index is 1.66. The molecule has 2 amide bonds. The van der Waals surface area contributed by atoms with Gasteiger partial charge < -0.3 is 15.2 Å². The van der Waals surface area contributed by atoms with Crippen LogP contribution in [0.3, 0.4) is 0 Å². The summed E-state index contributed by atoms with van der Waals surface area (Å²) in [6.45, 7) is 0.727. The Hall–Kier alpha value is -3.81. The summed E-state index contributed by atoms with van der Waals surface area (Å²) in [6.07, 6.45) is 3.91. The van der Waals surface area contributed by atoms with E-state index in [-0.39, 0.29) is 30.8 Å². The van der Waals surface area contributed by atoms with E-state index in [4.69, 9.17) is 5.73 Å². The lowest BCUT2D eigenvalue weighted by Gasteiger charge is -2.30. The van der Waals surface area contributed by atoms with Crippen molar-refractivity contribution in [1.29, 1.82) is 0 Å². The van der Waals surface area contributed by atoms with Crippen LogP contribution in [0.25, 0.3) is 0 Å². The number of amides is 2. The summed E-state index contributed by atoms with van der Waals surface area (Å²) in [5.41, 5.74) is 7.06. The first-order chi connectivity index (χ1) is 15.0. The van der Waals surface area contributed by atoms with Crippen molar-refractivity contribution in [3.05, 3.63) is 99.0 Å². The molecule has 31 heavy (non-hydrogen) atoms. The van der Waals surface area contributed by atoms with Crippen LogP contribution in [0.1, 0.15) is 37.5 Å². The first kappa shape index (κ1) is 20.5. The van der Waals surface area contributed by atoms with Gasteiger partial charge in [0.2, 0.25) is 0 Å². The maximum absolute atomic E-state index is 14.0. The van der Waals surface area contributed by atoms with E-state index in [0.29, 0.717) is 24.1 Å². The highest BCUT2D eigenvalue weighted by molar-refractivity contribution is 5.95. The number of pyridine rings is 2. The molecule has 8 heteroatoms. The van der Waals surface area contributed by atoms with E-state index in [2.05, 4.69) is 4.98 Å². The van der Waals surface area contributed by atoms with Crippen LogP contribution in [-0.2, 0) is 25.9 Å². The lowest BCUT2D eigenvalue weighted by atomic mass is 9.95. The molecule has 1 aliphatic rings. The Bertz CT molecular complexity index is 1210. The monoisotopic (exact) mass is 420 g/mol. The Kier molecular flexibility index (Phi) is 5.62. The molecule has 0 atom stereocenters. The largest absolute Gasteiger partial charge is 0.365 e. The van der Waals surface area contributed by atoms with Crippen molar-refractivity contribution in [1.82, 2.24) is 14.5 Å². The first-order valence-electron chi connectivity index (χ1n) is 9.94. The zero-order chi connectivity index (χ0) is 22.0.